The second kappa shape index (κ2) is 4.23. The average molecular weight is 180 g/mol. The highest BCUT2D eigenvalue weighted by Gasteiger charge is 2.00. The maximum Gasteiger partial charge on any atom is 0.0698 e. The van der Waals surface area contributed by atoms with Crippen molar-refractivity contribution in [3.8, 4) is 0 Å². The molecule has 0 aliphatic carbocycles. The van der Waals surface area contributed by atoms with Crippen LogP contribution in [0, 0.1) is 0 Å². The Morgan fingerprint density at radius 2 is 2.46 bits per heavy atom. The SMILES string of the molecule is CCn1cc(/C(C)=C/C(C)O)cn1. The zero-order valence-electron chi connectivity index (χ0n) is 8.36. The highest BCUT2D eigenvalue weighted by atomic mass is 16.3. The molecule has 0 spiro atoms. The first-order valence-corrected chi connectivity index (χ1v) is 4.52. The van der Waals surface area contributed by atoms with Gasteiger partial charge >= 0.3 is 0 Å². The Hall–Kier alpha value is -1.09. The maximum absolute atomic E-state index is 9.14. The number of aliphatic hydroxyl groups is 1. The van der Waals surface area contributed by atoms with Crippen LogP contribution in [-0.4, -0.2) is 21.0 Å². The summed E-state index contributed by atoms with van der Waals surface area (Å²) in [6, 6.07) is 0. The first kappa shape index (κ1) is 9.99. The van der Waals surface area contributed by atoms with E-state index in [0.717, 1.165) is 17.7 Å². The lowest BCUT2D eigenvalue weighted by Crippen LogP contribution is -1.94. The van der Waals surface area contributed by atoms with Gasteiger partial charge in [0, 0.05) is 18.3 Å². The van der Waals surface area contributed by atoms with Crippen molar-refractivity contribution in [2.75, 3.05) is 0 Å². The van der Waals surface area contributed by atoms with Gasteiger partial charge in [0.15, 0.2) is 0 Å². The van der Waals surface area contributed by atoms with Crippen LogP contribution in [0.15, 0.2) is 18.5 Å². The Bertz CT molecular complexity index is 300. The molecule has 1 N–H and O–H groups in total. The van der Waals surface area contributed by atoms with Crippen LogP contribution in [0.1, 0.15) is 26.3 Å². The normalized spacial score (nSPS) is 14.6. The van der Waals surface area contributed by atoms with Crippen molar-refractivity contribution in [3.63, 3.8) is 0 Å². The van der Waals surface area contributed by atoms with E-state index < -0.39 is 6.10 Å². The van der Waals surface area contributed by atoms with Crippen LogP contribution >= 0.6 is 0 Å². The lowest BCUT2D eigenvalue weighted by molar-refractivity contribution is 0.244. The average Bonchev–Trinajstić information content (AvgIpc) is 2.50. The maximum atomic E-state index is 9.14. The zero-order valence-corrected chi connectivity index (χ0v) is 8.36. The highest BCUT2D eigenvalue weighted by Crippen LogP contribution is 2.12. The minimum absolute atomic E-state index is 0.398. The molecule has 1 atom stereocenters. The molecule has 1 heterocycles. The van der Waals surface area contributed by atoms with Gasteiger partial charge in [-0.1, -0.05) is 6.08 Å². The van der Waals surface area contributed by atoms with E-state index in [9.17, 15) is 0 Å². The summed E-state index contributed by atoms with van der Waals surface area (Å²) in [6.45, 7) is 6.64. The van der Waals surface area contributed by atoms with E-state index in [-0.39, 0.29) is 0 Å². The fourth-order valence-corrected chi connectivity index (χ4v) is 1.20. The van der Waals surface area contributed by atoms with Gasteiger partial charge in [-0.15, -0.1) is 0 Å². The highest BCUT2D eigenvalue weighted by molar-refractivity contribution is 5.62. The van der Waals surface area contributed by atoms with Crippen molar-refractivity contribution in [3.05, 3.63) is 24.0 Å². The molecule has 0 saturated heterocycles. The third-order valence-corrected chi connectivity index (χ3v) is 1.90. The van der Waals surface area contributed by atoms with E-state index >= 15 is 0 Å². The Kier molecular flexibility index (Phi) is 3.25. The molecule has 0 saturated carbocycles. The summed E-state index contributed by atoms with van der Waals surface area (Å²) in [5.41, 5.74) is 2.14. The van der Waals surface area contributed by atoms with Crippen molar-refractivity contribution >= 4 is 5.57 Å². The third-order valence-electron chi connectivity index (χ3n) is 1.90. The summed E-state index contributed by atoms with van der Waals surface area (Å²) in [7, 11) is 0. The quantitative estimate of drug-likeness (QED) is 0.768. The van der Waals surface area contributed by atoms with Crippen molar-refractivity contribution < 1.29 is 5.11 Å². The topological polar surface area (TPSA) is 38.0 Å². The molecular formula is C10H16N2O. The van der Waals surface area contributed by atoms with E-state index in [2.05, 4.69) is 5.10 Å². The van der Waals surface area contributed by atoms with Crippen molar-refractivity contribution in [2.24, 2.45) is 0 Å². The van der Waals surface area contributed by atoms with Crippen LogP contribution in [0.3, 0.4) is 0 Å². The fourth-order valence-electron chi connectivity index (χ4n) is 1.20. The van der Waals surface area contributed by atoms with Crippen LogP contribution in [-0.2, 0) is 6.54 Å². The molecule has 13 heavy (non-hydrogen) atoms. The minimum atomic E-state index is -0.398. The number of hydrogen-bond donors (Lipinski definition) is 1. The molecule has 0 radical (unpaired) electrons. The molecule has 1 aromatic heterocycles. The van der Waals surface area contributed by atoms with Gasteiger partial charge in [0.05, 0.1) is 12.3 Å². The molecule has 1 rings (SSSR count). The number of aromatic nitrogens is 2. The lowest BCUT2D eigenvalue weighted by atomic mass is 10.1. The molecule has 0 aliphatic heterocycles. The predicted molar refractivity (Wildman–Crippen MR) is 53.2 cm³/mol. The van der Waals surface area contributed by atoms with Crippen LogP contribution in [0.4, 0.5) is 0 Å². The Labute approximate surface area is 78.7 Å². The van der Waals surface area contributed by atoms with Gasteiger partial charge < -0.3 is 5.11 Å². The Morgan fingerprint density at radius 1 is 1.77 bits per heavy atom. The van der Waals surface area contributed by atoms with Gasteiger partial charge in [-0.25, -0.2) is 0 Å². The lowest BCUT2D eigenvalue weighted by Gasteiger charge is -1.99. The van der Waals surface area contributed by atoms with Gasteiger partial charge in [0.1, 0.15) is 0 Å². The predicted octanol–water partition coefficient (Wildman–Crippen LogP) is 1.69. The smallest absolute Gasteiger partial charge is 0.0698 e. The summed E-state index contributed by atoms with van der Waals surface area (Å²) in [6.07, 6.45) is 5.22. The molecule has 1 unspecified atom stereocenters. The summed E-state index contributed by atoms with van der Waals surface area (Å²) >= 11 is 0. The minimum Gasteiger partial charge on any atom is -0.389 e. The molecule has 3 heteroatoms. The van der Waals surface area contributed by atoms with E-state index in [1.165, 1.54) is 0 Å². The molecule has 0 amide bonds. The van der Waals surface area contributed by atoms with Crippen LogP contribution in [0.5, 0.6) is 0 Å². The first-order chi connectivity index (χ1) is 6.13. The number of nitrogens with zero attached hydrogens (tertiary/aromatic N) is 2. The third kappa shape index (κ3) is 2.70. The van der Waals surface area contributed by atoms with Crippen molar-refractivity contribution in [1.82, 2.24) is 9.78 Å². The van der Waals surface area contributed by atoms with Crippen LogP contribution in [0.25, 0.3) is 5.57 Å². The van der Waals surface area contributed by atoms with E-state index in [1.807, 2.05) is 37.0 Å². The second-order valence-corrected chi connectivity index (χ2v) is 3.17. The molecular weight excluding hydrogens is 164 g/mol. The number of aryl methyl sites for hydroxylation is 1. The Morgan fingerprint density at radius 3 is 2.92 bits per heavy atom. The molecule has 0 aromatic carbocycles. The zero-order chi connectivity index (χ0) is 9.84. The molecule has 3 nitrogen and oxygen atoms in total. The van der Waals surface area contributed by atoms with Crippen molar-refractivity contribution in [2.45, 2.75) is 33.4 Å². The van der Waals surface area contributed by atoms with Crippen LogP contribution < -0.4 is 0 Å². The molecule has 1 aromatic rings. The molecule has 0 bridgehead atoms. The number of allylic oxidation sites excluding steroid dienone is 1. The number of rotatable bonds is 3. The summed E-state index contributed by atoms with van der Waals surface area (Å²) in [4.78, 5) is 0. The van der Waals surface area contributed by atoms with E-state index in [0.29, 0.717) is 0 Å². The van der Waals surface area contributed by atoms with Gasteiger partial charge in [0.25, 0.3) is 0 Å². The van der Waals surface area contributed by atoms with Gasteiger partial charge in [-0.2, -0.15) is 5.10 Å². The monoisotopic (exact) mass is 180 g/mol. The van der Waals surface area contributed by atoms with Gasteiger partial charge in [0.2, 0.25) is 0 Å². The van der Waals surface area contributed by atoms with E-state index in [4.69, 9.17) is 5.11 Å². The largest absolute Gasteiger partial charge is 0.389 e. The van der Waals surface area contributed by atoms with Gasteiger partial charge in [-0.05, 0) is 26.3 Å². The summed E-state index contributed by atoms with van der Waals surface area (Å²) in [5, 5.41) is 13.3. The first-order valence-electron chi connectivity index (χ1n) is 4.52. The van der Waals surface area contributed by atoms with E-state index in [1.54, 1.807) is 6.92 Å². The molecule has 0 aliphatic rings. The molecule has 72 valence electrons. The molecule has 0 fully saturated rings. The number of hydrogen-bond acceptors (Lipinski definition) is 2. The standard InChI is InChI=1S/C10H16N2O/c1-4-12-7-10(6-11-12)8(2)5-9(3)13/h5-7,9,13H,4H2,1-3H3/b8-5+. The second-order valence-electron chi connectivity index (χ2n) is 3.17. The number of aliphatic hydroxyl groups excluding tert-OH is 1. The van der Waals surface area contributed by atoms with Crippen molar-refractivity contribution in [1.29, 1.82) is 0 Å². The Balaban J connectivity index is 2.82. The van der Waals surface area contributed by atoms with Gasteiger partial charge in [-0.3, -0.25) is 4.68 Å². The van der Waals surface area contributed by atoms with Crippen LogP contribution in [0.2, 0.25) is 0 Å². The summed E-state index contributed by atoms with van der Waals surface area (Å²) in [5.74, 6) is 0. The summed E-state index contributed by atoms with van der Waals surface area (Å²) < 4.78 is 1.87. The fraction of sp³-hybridized carbons (Fsp3) is 0.500.